The Balaban J connectivity index is 2.00. The number of likely N-dealkylation sites (tertiary alicyclic amines) is 1. The SMILES string of the molecule is CCOc1ccccc1NC(=O)C(C)N1CCCC(C)C1. The van der Waals surface area contributed by atoms with Crippen LogP contribution in [0.2, 0.25) is 0 Å². The predicted octanol–water partition coefficient (Wildman–Crippen LogP) is 3.14. The lowest BCUT2D eigenvalue weighted by Gasteiger charge is -2.34. The second-order valence-electron chi connectivity index (χ2n) is 5.84. The van der Waals surface area contributed by atoms with Gasteiger partial charge in [-0.15, -0.1) is 0 Å². The normalized spacial score (nSPS) is 20.8. The number of nitrogens with one attached hydrogen (secondary N) is 1. The van der Waals surface area contributed by atoms with Gasteiger partial charge in [0.15, 0.2) is 0 Å². The molecular formula is C17H26N2O2. The minimum absolute atomic E-state index is 0.0382. The van der Waals surface area contributed by atoms with Gasteiger partial charge in [-0.05, 0) is 51.3 Å². The van der Waals surface area contributed by atoms with E-state index in [0.29, 0.717) is 12.5 Å². The first-order valence-corrected chi connectivity index (χ1v) is 7.88. The molecule has 0 radical (unpaired) electrons. The van der Waals surface area contributed by atoms with Crippen molar-refractivity contribution < 1.29 is 9.53 Å². The van der Waals surface area contributed by atoms with Crippen molar-refractivity contribution >= 4 is 11.6 Å². The highest BCUT2D eigenvalue weighted by Crippen LogP contribution is 2.24. The van der Waals surface area contributed by atoms with E-state index in [1.165, 1.54) is 12.8 Å². The van der Waals surface area contributed by atoms with Gasteiger partial charge in [-0.25, -0.2) is 0 Å². The van der Waals surface area contributed by atoms with Crippen molar-refractivity contribution in [3.63, 3.8) is 0 Å². The maximum atomic E-state index is 12.5. The number of rotatable bonds is 5. The fourth-order valence-corrected chi connectivity index (χ4v) is 2.83. The van der Waals surface area contributed by atoms with Crippen LogP contribution in [0.25, 0.3) is 0 Å². The molecule has 1 N–H and O–H groups in total. The molecule has 0 aromatic heterocycles. The van der Waals surface area contributed by atoms with E-state index in [2.05, 4.69) is 17.1 Å². The minimum atomic E-state index is -0.109. The van der Waals surface area contributed by atoms with Crippen molar-refractivity contribution in [3.8, 4) is 5.75 Å². The molecular weight excluding hydrogens is 264 g/mol. The van der Waals surface area contributed by atoms with Crippen LogP contribution in [0.4, 0.5) is 5.69 Å². The van der Waals surface area contributed by atoms with Crippen molar-refractivity contribution in [1.82, 2.24) is 4.90 Å². The molecule has 21 heavy (non-hydrogen) atoms. The van der Waals surface area contributed by atoms with Crippen LogP contribution in [-0.4, -0.2) is 36.5 Å². The van der Waals surface area contributed by atoms with E-state index < -0.39 is 0 Å². The fourth-order valence-electron chi connectivity index (χ4n) is 2.83. The zero-order valence-corrected chi connectivity index (χ0v) is 13.3. The molecule has 1 aromatic carbocycles. The molecule has 0 bridgehead atoms. The number of amides is 1. The summed E-state index contributed by atoms with van der Waals surface area (Å²) in [5.74, 6) is 1.44. The van der Waals surface area contributed by atoms with E-state index in [1.807, 2.05) is 38.1 Å². The third-order valence-corrected chi connectivity index (χ3v) is 4.06. The molecule has 4 heteroatoms. The summed E-state index contributed by atoms with van der Waals surface area (Å²) in [4.78, 5) is 14.7. The number of hydrogen-bond acceptors (Lipinski definition) is 3. The Labute approximate surface area is 127 Å². The lowest BCUT2D eigenvalue weighted by Crippen LogP contribution is -2.46. The first-order chi connectivity index (χ1) is 10.1. The van der Waals surface area contributed by atoms with E-state index in [1.54, 1.807) is 0 Å². The fraction of sp³-hybridized carbons (Fsp3) is 0.588. The van der Waals surface area contributed by atoms with Crippen molar-refractivity contribution in [2.24, 2.45) is 5.92 Å². The molecule has 1 heterocycles. The summed E-state index contributed by atoms with van der Waals surface area (Å²) >= 11 is 0. The van der Waals surface area contributed by atoms with Gasteiger partial charge in [-0.2, -0.15) is 0 Å². The Hall–Kier alpha value is -1.55. The van der Waals surface area contributed by atoms with Crippen molar-refractivity contribution in [2.45, 2.75) is 39.7 Å². The standard InChI is InChI=1S/C17H26N2O2/c1-4-21-16-10-6-5-9-15(16)18-17(20)14(3)19-11-7-8-13(2)12-19/h5-6,9-10,13-14H,4,7-8,11-12H2,1-3H3,(H,18,20). The minimum Gasteiger partial charge on any atom is -0.492 e. The lowest BCUT2D eigenvalue weighted by molar-refractivity contribution is -0.121. The number of carbonyl (C=O) groups is 1. The molecule has 4 nitrogen and oxygen atoms in total. The van der Waals surface area contributed by atoms with Crippen LogP contribution in [-0.2, 0) is 4.79 Å². The molecule has 1 fully saturated rings. The van der Waals surface area contributed by atoms with Crippen LogP contribution in [0.5, 0.6) is 5.75 Å². The highest BCUT2D eigenvalue weighted by Gasteiger charge is 2.26. The number of anilines is 1. The maximum absolute atomic E-state index is 12.5. The van der Waals surface area contributed by atoms with Crippen LogP contribution in [0, 0.1) is 5.92 Å². The Morgan fingerprint density at radius 1 is 1.48 bits per heavy atom. The van der Waals surface area contributed by atoms with Crippen LogP contribution < -0.4 is 10.1 Å². The maximum Gasteiger partial charge on any atom is 0.241 e. The number of benzene rings is 1. The molecule has 2 unspecified atom stereocenters. The summed E-state index contributed by atoms with van der Waals surface area (Å²) in [7, 11) is 0. The molecule has 2 atom stereocenters. The van der Waals surface area contributed by atoms with E-state index in [4.69, 9.17) is 4.74 Å². The third kappa shape index (κ3) is 4.21. The molecule has 1 amide bonds. The van der Waals surface area contributed by atoms with Crippen LogP contribution in [0.1, 0.15) is 33.6 Å². The van der Waals surface area contributed by atoms with Gasteiger partial charge in [0.25, 0.3) is 0 Å². The van der Waals surface area contributed by atoms with Crippen molar-refractivity contribution in [3.05, 3.63) is 24.3 Å². The number of para-hydroxylation sites is 2. The van der Waals surface area contributed by atoms with Gasteiger partial charge in [-0.1, -0.05) is 19.1 Å². The molecule has 1 aliphatic rings. The largest absolute Gasteiger partial charge is 0.492 e. The summed E-state index contributed by atoms with van der Waals surface area (Å²) < 4.78 is 5.55. The second-order valence-corrected chi connectivity index (χ2v) is 5.84. The van der Waals surface area contributed by atoms with Crippen molar-refractivity contribution in [1.29, 1.82) is 0 Å². The Kier molecular flexibility index (Phi) is 5.62. The second kappa shape index (κ2) is 7.46. The molecule has 1 saturated heterocycles. The summed E-state index contributed by atoms with van der Waals surface area (Å²) in [6, 6.07) is 7.48. The van der Waals surface area contributed by atoms with E-state index in [-0.39, 0.29) is 11.9 Å². The number of piperidine rings is 1. The molecule has 0 saturated carbocycles. The smallest absolute Gasteiger partial charge is 0.241 e. The lowest BCUT2D eigenvalue weighted by atomic mass is 9.99. The predicted molar refractivity (Wildman–Crippen MR) is 85.7 cm³/mol. The zero-order valence-electron chi connectivity index (χ0n) is 13.3. The Morgan fingerprint density at radius 2 is 2.24 bits per heavy atom. The van der Waals surface area contributed by atoms with Gasteiger partial charge in [0.2, 0.25) is 5.91 Å². The average Bonchev–Trinajstić information content (AvgIpc) is 2.48. The van der Waals surface area contributed by atoms with Crippen molar-refractivity contribution in [2.75, 3.05) is 25.0 Å². The monoisotopic (exact) mass is 290 g/mol. The van der Waals surface area contributed by atoms with Gasteiger partial charge < -0.3 is 10.1 Å². The highest BCUT2D eigenvalue weighted by molar-refractivity contribution is 5.95. The number of ether oxygens (including phenoxy) is 1. The molecule has 1 aromatic rings. The molecule has 2 rings (SSSR count). The van der Waals surface area contributed by atoms with Gasteiger partial charge in [0.1, 0.15) is 5.75 Å². The van der Waals surface area contributed by atoms with Gasteiger partial charge in [0, 0.05) is 6.54 Å². The van der Waals surface area contributed by atoms with E-state index in [9.17, 15) is 4.79 Å². The molecule has 0 spiro atoms. The summed E-state index contributed by atoms with van der Waals surface area (Å²) in [5, 5.41) is 3.00. The van der Waals surface area contributed by atoms with Gasteiger partial charge >= 0.3 is 0 Å². The molecule has 1 aliphatic heterocycles. The quantitative estimate of drug-likeness (QED) is 0.906. The zero-order chi connectivity index (χ0) is 15.2. The third-order valence-electron chi connectivity index (χ3n) is 4.06. The van der Waals surface area contributed by atoms with Crippen LogP contribution in [0.3, 0.4) is 0 Å². The topological polar surface area (TPSA) is 41.6 Å². The van der Waals surface area contributed by atoms with Crippen LogP contribution in [0.15, 0.2) is 24.3 Å². The molecule has 116 valence electrons. The summed E-state index contributed by atoms with van der Waals surface area (Å²) in [6.45, 7) is 8.77. The van der Waals surface area contributed by atoms with Crippen LogP contribution >= 0.6 is 0 Å². The van der Waals surface area contributed by atoms with Gasteiger partial charge in [0.05, 0.1) is 18.3 Å². The number of carbonyl (C=O) groups excluding carboxylic acids is 1. The molecule has 0 aliphatic carbocycles. The highest BCUT2D eigenvalue weighted by atomic mass is 16.5. The first kappa shape index (κ1) is 15.8. The number of hydrogen-bond donors (Lipinski definition) is 1. The van der Waals surface area contributed by atoms with Gasteiger partial charge in [-0.3, -0.25) is 9.69 Å². The Bertz CT molecular complexity index is 476. The Morgan fingerprint density at radius 3 is 2.95 bits per heavy atom. The average molecular weight is 290 g/mol. The summed E-state index contributed by atoms with van der Waals surface area (Å²) in [5.41, 5.74) is 0.751. The number of nitrogens with zero attached hydrogens (tertiary/aromatic N) is 1. The first-order valence-electron chi connectivity index (χ1n) is 7.88. The van der Waals surface area contributed by atoms with E-state index in [0.717, 1.165) is 24.5 Å². The summed E-state index contributed by atoms with van der Waals surface area (Å²) in [6.07, 6.45) is 2.44. The van der Waals surface area contributed by atoms with E-state index >= 15 is 0 Å².